The first-order valence-electron chi connectivity index (χ1n) is 5.54. The van der Waals surface area contributed by atoms with Crippen molar-refractivity contribution in [2.24, 2.45) is 0 Å². The number of aryl methyl sites for hydroxylation is 1. The van der Waals surface area contributed by atoms with Gasteiger partial charge in [0.1, 0.15) is 0 Å². The van der Waals surface area contributed by atoms with E-state index in [0.29, 0.717) is 5.56 Å². The van der Waals surface area contributed by atoms with Gasteiger partial charge in [-0.3, -0.25) is 9.59 Å². The number of hydrogen-bond donors (Lipinski definition) is 0. The molecule has 5 heteroatoms. The quantitative estimate of drug-likeness (QED) is 0.855. The monoisotopic (exact) mass is 312 g/mol. The molecule has 0 saturated carbocycles. The summed E-state index contributed by atoms with van der Waals surface area (Å²) in [7, 11) is 4.97. The van der Waals surface area contributed by atoms with Crippen LogP contribution < -0.4 is 0 Å². The second kappa shape index (κ2) is 6.00. The average molecular weight is 313 g/mol. The third-order valence-electron chi connectivity index (χ3n) is 2.62. The smallest absolute Gasteiger partial charge is 0.254 e. The fourth-order valence-corrected chi connectivity index (χ4v) is 1.66. The van der Waals surface area contributed by atoms with E-state index in [1.807, 2.05) is 19.1 Å². The topological polar surface area (TPSA) is 40.6 Å². The Kier molecular flexibility index (Phi) is 4.90. The predicted molar refractivity (Wildman–Crippen MR) is 74.5 cm³/mol. The minimum Gasteiger partial charge on any atom is -0.347 e. The van der Waals surface area contributed by atoms with Crippen molar-refractivity contribution >= 4 is 27.7 Å². The van der Waals surface area contributed by atoms with Gasteiger partial charge < -0.3 is 9.80 Å². The van der Waals surface area contributed by atoms with Gasteiger partial charge in [-0.15, -0.1) is 0 Å². The fourth-order valence-electron chi connectivity index (χ4n) is 1.41. The van der Waals surface area contributed by atoms with Crippen LogP contribution in [0.3, 0.4) is 0 Å². The Morgan fingerprint density at radius 3 is 2.33 bits per heavy atom. The molecule has 0 bridgehead atoms. The van der Waals surface area contributed by atoms with Crippen molar-refractivity contribution in [1.29, 1.82) is 0 Å². The maximum absolute atomic E-state index is 12.1. The van der Waals surface area contributed by atoms with Crippen molar-refractivity contribution in [3.63, 3.8) is 0 Å². The summed E-state index contributed by atoms with van der Waals surface area (Å²) in [6.45, 7) is 2.01. The number of rotatable bonds is 3. The summed E-state index contributed by atoms with van der Waals surface area (Å²) in [6.07, 6.45) is 0. The minimum absolute atomic E-state index is 0.0843. The summed E-state index contributed by atoms with van der Waals surface area (Å²) < 4.78 is 0.964. The molecule has 2 amide bonds. The Morgan fingerprint density at radius 2 is 1.83 bits per heavy atom. The standard InChI is InChI=1S/C13H17BrN2O2/c1-9-7-10(5-6-11(9)14)13(18)16(4)8-12(17)15(2)3/h5-7H,8H2,1-4H3. The zero-order valence-corrected chi connectivity index (χ0v) is 12.6. The molecule has 0 unspecified atom stereocenters. The van der Waals surface area contributed by atoms with Gasteiger partial charge in [-0.25, -0.2) is 0 Å². The first kappa shape index (κ1) is 14.7. The Labute approximate surface area is 116 Å². The molecule has 0 fully saturated rings. The molecule has 0 radical (unpaired) electrons. The number of carbonyl (C=O) groups excluding carboxylic acids is 2. The number of nitrogens with zero attached hydrogens (tertiary/aromatic N) is 2. The number of halogens is 1. The summed E-state index contributed by atoms with van der Waals surface area (Å²) in [5, 5.41) is 0. The number of benzene rings is 1. The summed E-state index contributed by atoms with van der Waals surface area (Å²) >= 11 is 3.39. The summed E-state index contributed by atoms with van der Waals surface area (Å²) in [4.78, 5) is 26.5. The molecule has 98 valence electrons. The Morgan fingerprint density at radius 1 is 1.22 bits per heavy atom. The van der Waals surface area contributed by atoms with Gasteiger partial charge in [0, 0.05) is 31.2 Å². The summed E-state index contributed by atoms with van der Waals surface area (Å²) in [6, 6.07) is 5.39. The summed E-state index contributed by atoms with van der Waals surface area (Å²) in [5.41, 5.74) is 1.58. The molecule has 18 heavy (non-hydrogen) atoms. The van der Waals surface area contributed by atoms with E-state index in [4.69, 9.17) is 0 Å². The highest BCUT2D eigenvalue weighted by Crippen LogP contribution is 2.17. The van der Waals surface area contributed by atoms with Gasteiger partial charge in [0.25, 0.3) is 5.91 Å². The van der Waals surface area contributed by atoms with Crippen LogP contribution in [-0.2, 0) is 4.79 Å². The molecule has 0 N–H and O–H groups in total. The largest absolute Gasteiger partial charge is 0.347 e. The normalized spacial score (nSPS) is 10.1. The van der Waals surface area contributed by atoms with Crippen molar-refractivity contribution < 1.29 is 9.59 Å². The highest BCUT2D eigenvalue weighted by Gasteiger charge is 2.16. The molecular weight excluding hydrogens is 296 g/mol. The van der Waals surface area contributed by atoms with Gasteiger partial charge in [0.2, 0.25) is 5.91 Å². The van der Waals surface area contributed by atoms with Crippen molar-refractivity contribution in [2.45, 2.75) is 6.92 Å². The number of carbonyl (C=O) groups is 2. The van der Waals surface area contributed by atoms with Crippen molar-refractivity contribution in [2.75, 3.05) is 27.7 Å². The van der Waals surface area contributed by atoms with Crippen LogP contribution in [0.5, 0.6) is 0 Å². The SMILES string of the molecule is Cc1cc(C(=O)N(C)CC(=O)N(C)C)ccc1Br. The van der Waals surface area contributed by atoms with Crippen molar-refractivity contribution in [3.05, 3.63) is 33.8 Å². The lowest BCUT2D eigenvalue weighted by molar-refractivity contribution is -0.129. The maximum Gasteiger partial charge on any atom is 0.254 e. The van der Waals surface area contributed by atoms with Crippen molar-refractivity contribution in [3.8, 4) is 0 Å². The van der Waals surface area contributed by atoms with Crippen LogP contribution >= 0.6 is 15.9 Å². The molecule has 0 heterocycles. The molecule has 0 aliphatic rings. The van der Waals surface area contributed by atoms with Gasteiger partial charge in [0.15, 0.2) is 0 Å². The average Bonchev–Trinajstić information content (AvgIpc) is 2.31. The highest BCUT2D eigenvalue weighted by molar-refractivity contribution is 9.10. The highest BCUT2D eigenvalue weighted by atomic mass is 79.9. The molecule has 0 aliphatic carbocycles. The van der Waals surface area contributed by atoms with Crippen LogP contribution in [0.15, 0.2) is 22.7 Å². The summed E-state index contributed by atoms with van der Waals surface area (Å²) in [5.74, 6) is -0.250. The predicted octanol–water partition coefficient (Wildman–Crippen LogP) is 1.92. The van der Waals surface area contributed by atoms with E-state index in [2.05, 4.69) is 15.9 Å². The van der Waals surface area contributed by atoms with Gasteiger partial charge in [0.05, 0.1) is 6.54 Å². The Balaban J connectivity index is 2.80. The lowest BCUT2D eigenvalue weighted by Gasteiger charge is -2.19. The molecule has 1 aromatic carbocycles. The first-order chi connectivity index (χ1) is 8.32. The Hall–Kier alpha value is -1.36. The molecule has 1 aromatic rings. The number of amides is 2. The van der Waals surface area contributed by atoms with Gasteiger partial charge >= 0.3 is 0 Å². The Bertz CT molecular complexity index is 472. The molecule has 0 aromatic heterocycles. The molecule has 0 saturated heterocycles. The lowest BCUT2D eigenvalue weighted by atomic mass is 10.1. The number of likely N-dealkylation sites (N-methyl/N-ethyl adjacent to an activating group) is 2. The van der Waals surface area contributed by atoms with Gasteiger partial charge in [-0.1, -0.05) is 15.9 Å². The van der Waals surface area contributed by atoms with E-state index in [1.54, 1.807) is 27.2 Å². The molecule has 0 atom stereocenters. The van der Waals surface area contributed by atoms with E-state index in [9.17, 15) is 9.59 Å². The fraction of sp³-hybridized carbons (Fsp3) is 0.385. The van der Waals surface area contributed by atoms with Crippen LogP contribution in [0.1, 0.15) is 15.9 Å². The van der Waals surface area contributed by atoms with Crippen LogP contribution in [-0.4, -0.2) is 49.3 Å². The minimum atomic E-state index is -0.152. The zero-order valence-electron chi connectivity index (χ0n) is 11.0. The van der Waals surface area contributed by atoms with Crippen LogP contribution in [0.4, 0.5) is 0 Å². The molecular formula is C13H17BrN2O2. The van der Waals surface area contributed by atoms with Crippen molar-refractivity contribution in [1.82, 2.24) is 9.80 Å². The van der Waals surface area contributed by atoms with Crippen LogP contribution in [0.2, 0.25) is 0 Å². The van der Waals surface area contributed by atoms with E-state index < -0.39 is 0 Å². The second-order valence-corrected chi connectivity index (χ2v) is 5.27. The second-order valence-electron chi connectivity index (χ2n) is 4.41. The van der Waals surface area contributed by atoms with Gasteiger partial charge in [-0.05, 0) is 30.7 Å². The third kappa shape index (κ3) is 3.57. The van der Waals surface area contributed by atoms with E-state index in [0.717, 1.165) is 10.0 Å². The third-order valence-corrected chi connectivity index (χ3v) is 3.51. The van der Waals surface area contributed by atoms with E-state index in [1.165, 1.54) is 9.80 Å². The lowest BCUT2D eigenvalue weighted by Crippen LogP contribution is -2.37. The molecule has 4 nitrogen and oxygen atoms in total. The number of hydrogen-bond acceptors (Lipinski definition) is 2. The van der Waals surface area contributed by atoms with E-state index in [-0.39, 0.29) is 18.4 Å². The van der Waals surface area contributed by atoms with Crippen LogP contribution in [0, 0.1) is 6.92 Å². The molecule has 0 aliphatic heterocycles. The van der Waals surface area contributed by atoms with E-state index >= 15 is 0 Å². The zero-order chi connectivity index (χ0) is 13.9. The van der Waals surface area contributed by atoms with Crippen LogP contribution in [0.25, 0.3) is 0 Å². The molecule has 1 rings (SSSR count). The molecule has 0 spiro atoms. The maximum atomic E-state index is 12.1. The van der Waals surface area contributed by atoms with Gasteiger partial charge in [-0.2, -0.15) is 0 Å². The first-order valence-corrected chi connectivity index (χ1v) is 6.34.